The van der Waals surface area contributed by atoms with Gasteiger partial charge in [-0.05, 0) is 18.2 Å². The van der Waals surface area contributed by atoms with Crippen molar-refractivity contribution in [3.8, 4) is 10.6 Å². The number of sulfonamides is 1. The second-order valence-electron chi connectivity index (χ2n) is 7.10. The molecule has 0 bridgehead atoms. The third-order valence-electron chi connectivity index (χ3n) is 5.08. The number of nitrogens with one attached hydrogen (secondary N) is 1. The van der Waals surface area contributed by atoms with E-state index in [0.29, 0.717) is 24.6 Å². The van der Waals surface area contributed by atoms with Crippen molar-refractivity contribution in [3.05, 3.63) is 48.9 Å². The molecule has 0 amide bonds. The second-order valence-corrected chi connectivity index (χ2v) is 9.79. The maximum absolute atomic E-state index is 12.9. The van der Waals surface area contributed by atoms with E-state index in [1.165, 1.54) is 17.5 Å². The fourth-order valence-corrected chi connectivity index (χ4v) is 5.44. The summed E-state index contributed by atoms with van der Waals surface area (Å²) in [4.78, 5) is 12.0. The highest BCUT2D eigenvalue weighted by Gasteiger charge is 2.19. The van der Waals surface area contributed by atoms with Crippen molar-refractivity contribution < 1.29 is 13.2 Å². The highest BCUT2D eigenvalue weighted by atomic mass is 32.2. The Morgan fingerprint density at radius 2 is 1.90 bits per heavy atom. The molecule has 5 rings (SSSR count). The van der Waals surface area contributed by atoms with Gasteiger partial charge in [-0.2, -0.15) is 5.10 Å². The van der Waals surface area contributed by atoms with Gasteiger partial charge in [-0.25, -0.2) is 13.4 Å². The Morgan fingerprint density at radius 3 is 2.68 bits per heavy atom. The number of morpholine rings is 1. The summed E-state index contributed by atoms with van der Waals surface area (Å²) in [5, 5.41) is 5.97. The monoisotopic (exact) mass is 456 g/mol. The fraction of sp³-hybridized carbons (Fsp3) is 0.250. The third-order valence-corrected chi connectivity index (χ3v) is 7.51. The first-order valence-electron chi connectivity index (χ1n) is 9.70. The predicted molar refractivity (Wildman–Crippen MR) is 120 cm³/mol. The van der Waals surface area contributed by atoms with Crippen LogP contribution in [0, 0.1) is 0 Å². The van der Waals surface area contributed by atoms with Gasteiger partial charge >= 0.3 is 0 Å². The molecule has 4 heterocycles. The molecule has 160 valence electrons. The van der Waals surface area contributed by atoms with E-state index in [1.807, 2.05) is 6.07 Å². The average Bonchev–Trinajstić information content (AvgIpc) is 3.42. The van der Waals surface area contributed by atoms with Crippen molar-refractivity contribution in [1.82, 2.24) is 19.7 Å². The summed E-state index contributed by atoms with van der Waals surface area (Å²) < 4.78 is 35.5. The predicted octanol–water partition coefficient (Wildman–Crippen LogP) is 2.73. The van der Waals surface area contributed by atoms with Gasteiger partial charge in [-0.3, -0.25) is 14.4 Å². The molecule has 1 aliphatic rings. The molecule has 4 aromatic rings. The lowest BCUT2D eigenvalue weighted by atomic mass is 10.2. The molecule has 31 heavy (non-hydrogen) atoms. The molecule has 1 N–H and O–H groups in total. The van der Waals surface area contributed by atoms with Crippen LogP contribution in [-0.4, -0.2) is 54.5 Å². The zero-order valence-corrected chi connectivity index (χ0v) is 18.4. The van der Waals surface area contributed by atoms with Gasteiger partial charge in [0.2, 0.25) is 0 Å². The number of benzene rings is 1. The molecule has 0 aliphatic carbocycles. The van der Waals surface area contributed by atoms with Gasteiger partial charge in [0.25, 0.3) is 10.0 Å². The Labute approximate surface area is 183 Å². The van der Waals surface area contributed by atoms with Crippen LogP contribution in [0.2, 0.25) is 0 Å². The van der Waals surface area contributed by atoms with Gasteiger partial charge in [0.05, 0.1) is 41.2 Å². The van der Waals surface area contributed by atoms with Gasteiger partial charge in [0.1, 0.15) is 4.90 Å². The van der Waals surface area contributed by atoms with Crippen LogP contribution in [-0.2, 0) is 21.8 Å². The number of anilines is 2. The lowest BCUT2D eigenvalue weighted by molar-refractivity contribution is 0.122. The maximum atomic E-state index is 12.9. The summed E-state index contributed by atoms with van der Waals surface area (Å²) in [6.07, 6.45) is 4.84. The second kappa shape index (κ2) is 7.91. The number of hydrogen-bond donors (Lipinski definition) is 1. The standard InChI is InChI=1S/C20H20N6O3S2/c1-25-19-14(11-23-25)3-2-4-17(19)24-31(27,28)15-5-6-16(21-12-15)18-13-22-20(30-18)26-7-9-29-10-8-26/h2-6,11-13,24H,7-10H2,1H3. The molecule has 3 aromatic heterocycles. The number of pyridine rings is 1. The summed E-state index contributed by atoms with van der Waals surface area (Å²) in [6, 6.07) is 8.65. The molecule has 9 nitrogen and oxygen atoms in total. The molecule has 1 aromatic carbocycles. The molecule has 11 heteroatoms. The third kappa shape index (κ3) is 3.87. The largest absolute Gasteiger partial charge is 0.378 e. The number of ether oxygens (including phenoxy) is 1. The lowest BCUT2D eigenvalue weighted by Crippen LogP contribution is -2.36. The minimum Gasteiger partial charge on any atom is -0.378 e. The molecule has 0 spiro atoms. The van der Waals surface area contributed by atoms with Crippen LogP contribution in [0.3, 0.4) is 0 Å². The lowest BCUT2D eigenvalue weighted by Gasteiger charge is -2.25. The first-order chi connectivity index (χ1) is 15.0. The van der Waals surface area contributed by atoms with Gasteiger partial charge in [-0.1, -0.05) is 23.5 Å². The van der Waals surface area contributed by atoms with Crippen molar-refractivity contribution >= 4 is 43.1 Å². The number of fused-ring (bicyclic) bond motifs is 1. The Hall–Kier alpha value is -3.02. The molecular weight excluding hydrogens is 436 g/mol. The first-order valence-corrected chi connectivity index (χ1v) is 12.0. The van der Waals surface area contributed by atoms with Crippen molar-refractivity contribution in [2.45, 2.75) is 4.90 Å². The van der Waals surface area contributed by atoms with E-state index in [4.69, 9.17) is 4.74 Å². The quantitative estimate of drug-likeness (QED) is 0.493. The van der Waals surface area contributed by atoms with Crippen LogP contribution >= 0.6 is 11.3 Å². The summed E-state index contributed by atoms with van der Waals surface area (Å²) in [5.74, 6) is 0. The van der Waals surface area contributed by atoms with Gasteiger partial charge in [0, 0.05) is 37.9 Å². The smallest absolute Gasteiger partial charge is 0.263 e. The molecule has 0 saturated carbocycles. The molecule has 0 atom stereocenters. The minimum atomic E-state index is -3.80. The number of rotatable bonds is 5. The molecule has 1 aliphatic heterocycles. The molecule has 1 saturated heterocycles. The van der Waals surface area contributed by atoms with Crippen molar-refractivity contribution in [3.63, 3.8) is 0 Å². The number of aryl methyl sites for hydroxylation is 1. The van der Waals surface area contributed by atoms with Crippen molar-refractivity contribution in [1.29, 1.82) is 0 Å². The first kappa shape index (κ1) is 19.9. The van der Waals surface area contributed by atoms with E-state index in [9.17, 15) is 8.42 Å². The van der Waals surface area contributed by atoms with Crippen LogP contribution in [0.4, 0.5) is 10.8 Å². The Kier molecular flexibility index (Phi) is 5.08. The van der Waals surface area contributed by atoms with Crippen molar-refractivity contribution in [2.24, 2.45) is 7.05 Å². The van der Waals surface area contributed by atoms with Crippen LogP contribution in [0.1, 0.15) is 0 Å². The van der Waals surface area contributed by atoms with E-state index < -0.39 is 10.0 Å². The molecule has 0 radical (unpaired) electrons. The SMILES string of the molecule is Cn1ncc2cccc(NS(=O)(=O)c3ccc(-c4cnc(N5CCOCC5)s4)nc3)c21. The Morgan fingerprint density at radius 1 is 1.06 bits per heavy atom. The van der Waals surface area contributed by atoms with Gasteiger partial charge in [0.15, 0.2) is 5.13 Å². The fourth-order valence-electron chi connectivity index (χ4n) is 3.49. The topological polar surface area (TPSA) is 102 Å². The molecule has 1 fully saturated rings. The minimum absolute atomic E-state index is 0.0911. The Bertz CT molecular complexity index is 1320. The Balaban J connectivity index is 1.38. The van der Waals surface area contributed by atoms with Crippen LogP contribution < -0.4 is 9.62 Å². The van der Waals surface area contributed by atoms with Gasteiger partial charge < -0.3 is 9.64 Å². The highest BCUT2D eigenvalue weighted by Crippen LogP contribution is 2.31. The number of nitrogens with zero attached hydrogens (tertiary/aromatic N) is 5. The van der Waals surface area contributed by atoms with Crippen LogP contribution in [0.25, 0.3) is 21.5 Å². The normalized spacial score (nSPS) is 14.8. The zero-order valence-electron chi connectivity index (χ0n) is 16.7. The maximum Gasteiger partial charge on any atom is 0.263 e. The van der Waals surface area contributed by atoms with Crippen LogP contribution in [0.15, 0.2) is 53.8 Å². The van der Waals surface area contributed by atoms with Crippen molar-refractivity contribution in [2.75, 3.05) is 35.9 Å². The summed E-state index contributed by atoms with van der Waals surface area (Å²) in [7, 11) is -2.02. The number of thiazole rings is 1. The number of aromatic nitrogens is 4. The van der Waals surface area contributed by atoms with Gasteiger partial charge in [-0.15, -0.1) is 0 Å². The average molecular weight is 457 g/mol. The van der Waals surface area contributed by atoms with E-state index in [2.05, 4.69) is 24.7 Å². The van der Waals surface area contributed by atoms with E-state index in [1.54, 1.807) is 48.4 Å². The zero-order chi connectivity index (χ0) is 21.4. The van der Waals surface area contributed by atoms with E-state index in [0.717, 1.165) is 34.0 Å². The highest BCUT2D eigenvalue weighted by molar-refractivity contribution is 7.92. The molecule has 0 unspecified atom stereocenters. The molecular formula is C20H20N6O3S2. The van der Waals surface area contributed by atoms with E-state index in [-0.39, 0.29) is 4.90 Å². The van der Waals surface area contributed by atoms with Crippen LogP contribution in [0.5, 0.6) is 0 Å². The summed E-state index contributed by atoms with van der Waals surface area (Å²) in [5.41, 5.74) is 1.87. The number of para-hydroxylation sites is 1. The summed E-state index contributed by atoms with van der Waals surface area (Å²) in [6.45, 7) is 3.01. The summed E-state index contributed by atoms with van der Waals surface area (Å²) >= 11 is 1.53. The number of hydrogen-bond acceptors (Lipinski definition) is 8. The van der Waals surface area contributed by atoms with E-state index >= 15 is 0 Å².